The van der Waals surface area contributed by atoms with E-state index < -0.39 is 0 Å². The average molecular weight is 214 g/mol. The van der Waals surface area contributed by atoms with Crippen molar-refractivity contribution in [3.63, 3.8) is 0 Å². The van der Waals surface area contributed by atoms with Crippen LogP contribution < -0.4 is 0 Å². The van der Waals surface area contributed by atoms with Gasteiger partial charge in [-0.05, 0) is 5.92 Å². The molecule has 0 spiro atoms. The van der Waals surface area contributed by atoms with Gasteiger partial charge < -0.3 is 5.11 Å². The van der Waals surface area contributed by atoms with Crippen molar-refractivity contribution in [2.45, 2.75) is 13.3 Å². The zero-order valence-electron chi connectivity index (χ0n) is 4.52. The van der Waals surface area contributed by atoms with Crippen molar-refractivity contribution < 1.29 is 5.11 Å². The van der Waals surface area contributed by atoms with E-state index in [4.69, 9.17) is 5.11 Å². The summed E-state index contributed by atoms with van der Waals surface area (Å²) in [5, 5.41) is 8.52. The van der Waals surface area contributed by atoms with E-state index in [1.807, 2.05) is 0 Å². The minimum absolute atomic E-state index is 0.347. The topological polar surface area (TPSA) is 20.2 Å². The van der Waals surface area contributed by atoms with Gasteiger partial charge in [0.1, 0.15) is 0 Å². The molecule has 1 atom stereocenters. The second-order valence-corrected chi connectivity index (χ2v) is 2.49. The van der Waals surface area contributed by atoms with Crippen molar-refractivity contribution in [3.05, 3.63) is 0 Å². The third kappa shape index (κ3) is 3.29. The molecule has 0 saturated heterocycles. The summed E-state index contributed by atoms with van der Waals surface area (Å²) in [7, 11) is 0. The molecule has 2 heteroatoms. The molecule has 0 aliphatic rings. The van der Waals surface area contributed by atoms with Crippen LogP contribution in [-0.4, -0.2) is 16.1 Å². The Morgan fingerprint density at radius 3 is 2.29 bits per heavy atom. The van der Waals surface area contributed by atoms with Crippen molar-refractivity contribution in [2.75, 3.05) is 11.0 Å². The van der Waals surface area contributed by atoms with Crippen molar-refractivity contribution in [3.8, 4) is 0 Å². The fourth-order valence-corrected chi connectivity index (χ4v) is 1.19. The molecular formula is C5H11IO. The predicted octanol–water partition coefficient (Wildman–Crippen LogP) is 1.44. The summed E-state index contributed by atoms with van der Waals surface area (Å²) in [5.74, 6) is 0.528. The van der Waals surface area contributed by atoms with Crippen LogP contribution in [0.3, 0.4) is 0 Å². The van der Waals surface area contributed by atoms with E-state index in [1.165, 1.54) is 0 Å². The fourth-order valence-electron chi connectivity index (χ4n) is 0.287. The van der Waals surface area contributed by atoms with Gasteiger partial charge in [-0.15, -0.1) is 0 Å². The summed E-state index contributed by atoms with van der Waals surface area (Å²) in [5.41, 5.74) is 0. The molecule has 0 aliphatic carbocycles. The summed E-state index contributed by atoms with van der Waals surface area (Å²) < 4.78 is 1.07. The summed E-state index contributed by atoms with van der Waals surface area (Å²) in [4.78, 5) is 0. The molecule has 0 heterocycles. The number of aliphatic hydroxyl groups excluding tert-OH is 1. The smallest absolute Gasteiger partial charge is 0.0466 e. The number of hydrogen-bond acceptors (Lipinski definition) is 1. The van der Waals surface area contributed by atoms with E-state index in [0.29, 0.717) is 12.5 Å². The van der Waals surface area contributed by atoms with Crippen LogP contribution in [0.2, 0.25) is 0 Å². The standard InChI is InChI=1S/C5H11IO/c1-2-5(3-6)4-7/h5,7H,2-4H2,1H3/t5-/m0/s1. The Morgan fingerprint density at radius 1 is 1.71 bits per heavy atom. The Bertz CT molecular complexity index is 29.6. The molecule has 0 amide bonds. The quantitative estimate of drug-likeness (QED) is 0.556. The molecule has 0 aromatic rings. The number of hydrogen-bond donors (Lipinski definition) is 1. The molecule has 0 unspecified atom stereocenters. The zero-order chi connectivity index (χ0) is 5.70. The van der Waals surface area contributed by atoms with Crippen LogP contribution >= 0.6 is 22.6 Å². The molecule has 0 aliphatic heterocycles. The fraction of sp³-hybridized carbons (Fsp3) is 1.00. The number of rotatable bonds is 3. The SMILES string of the molecule is CC[C@H](CO)CI. The van der Waals surface area contributed by atoms with Crippen molar-refractivity contribution in [2.24, 2.45) is 5.92 Å². The minimum atomic E-state index is 0.347. The van der Waals surface area contributed by atoms with Crippen molar-refractivity contribution in [1.29, 1.82) is 0 Å². The van der Waals surface area contributed by atoms with Gasteiger partial charge in [0.25, 0.3) is 0 Å². The van der Waals surface area contributed by atoms with Gasteiger partial charge in [0.2, 0.25) is 0 Å². The minimum Gasteiger partial charge on any atom is -0.396 e. The molecular weight excluding hydrogens is 203 g/mol. The zero-order valence-corrected chi connectivity index (χ0v) is 6.68. The normalized spacial score (nSPS) is 14.1. The molecule has 0 saturated carbocycles. The van der Waals surface area contributed by atoms with Crippen molar-refractivity contribution in [1.82, 2.24) is 0 Å². The van der Waals surface area contributed by atoms with Crippen molar-refractivity contribution >= 4 is 22.6 Å². The van der Waals surface area contributed by atoms with E-state index >= 15 is 0 Å². The molecule has 0 aromatic heterocycles. The third-order valence-electron chi connectivity index (χ3n) is 1.05. The van der Waals surface area contributed by atoms with Crippen LogP contribution in [0.5, 0.6) is 0 Å². The van der Waals surface area contributed by atoms with Crippen LogP contribution in [-0.2, 0) is 0 Å². The highest BCUT2D eigenvalue weighted by Gasteiger charge is 1.98. The van der Waals surface area contributed by atoms with Gasteiger partial charge in [-0.25, -0.2) is 0 Å². The number of halogens is 1. The van der Waals surface area contributed by atoms with E-state index in [0.717, 1.165) is 10.8 Å². The Kier molecular flexibility index (Phi) is 5.32. The summed E-state index contributed by atoms with van der Waals surface area (Å²) in [6.07, 6.45) is 1.10. The second kappa shape index (κ2) is 4.84. The molecule has 1 nitrogen and oxygen atoms in total. The maximum absolute atomic E-state index is 8.52. The second-order valence-electron chi connectivity index (χ2n) is 1.61. The summed E-state index contributed by atoms with van der Waals surface area (Å²) >= 11 is 2.29. The molecule has 44 valence electrons. The van der Waals surface area contributed by atoms with Gasteiger partial charge >= 0.3 is 0 Å². The highest BCUT2D eigenvalue weighted by Crippen LogP contribution is 2.03. The van der Waals surface area contributed by atoms with Gasteiger partial charge in [0.05, 0.1) is 0 Å². The Hall–Kier alpha value is 0.690. The first-order valence-corrected chi connectivity index (χ1v) is 4.04. The van der Waals surface area contributed by atoms with E-state index in [9.17, 15) is 0 Å². The lowest BCUT2D eigenvalue weighted by Crippen LogP contribution is -2.04. The van der Waals surface area contributed by atoms with E-state index in [1.54, 1.807) is 0 Å². The Balaban J connectivity index is 2.99. The first-order valence-electron chi connectivity index (χ1n) is 2.52. The van der Waals surface area contributed by atoms with Gasteiger partial charge in [-0.3, -0.25) is 0 Å². The van der Waals surface area contributed by atoms with E-state index in [-0.39, 0.29) is 0 Å². The highest BCUT2D eigenvalue weighted by molar-refractivity contribution is 14.1. The molecule has 0 aromatic carbocycles. The van der Waals surface area contributed by atoms with Crippen LogP contribution in [0.15, 0.2) is 0 Å². The molecule has 0 radical (unpaired) electrons. The highest BCUT2D eigenvalue weighted by atomic mass is 127. The monoisotopic (exact) mass is 214 g/mol. The lowest BCUT2D eigenvalue weighted by Gasteiger charge is -2.03. The lowest BCUT2D eigenvalue weighted by atomic mass is 10.1. The third-order valence-corrected chi connectivity index (χ3v) is 2.30. The first-order chi connectivity index (χ1) is 3.35. The lowest BCUT2D eigenvalue weighted by molar-refractivity contribution is 0.238. The molecule has 7 heavy (non-hydrogen) atoms. The van der Waals surface area contributed by atoms with Crippen LogP contribution in [0.1, 0.15) is 13.3 Å². The Labute approximate surface area is 58.3 Å². The van der Waals surface area contributed by atoms with Gasteiger partial charge in [-0.2, -0.15) is 0 Å². The van der Waals surface area contributed by atoms with E-state index in [2.05, 4.69) is 29.5 Å². The first kappa shape index (κ1) is 7.69. The van der Waals surface area contributed by atoms with Gasteiger partial charge in [0.15, 0.2) is 0 Å². The average Bonchev–Trinajstić information content (AvgIpc) is 1.72. The number of alkyl halides is 1. The maximum Gasteiger partial charge on any atom is 0.0466 e. The van der Waals surface area contributed by atoms with Crippen LogP contribution in [0, 0.1) is 5.92 Å². The maximum atomic E-state index is 8.52. The summed E-state index contributed by atoms with van der Waals surface area (Å²) in [6, 6.07) is 0. The van der Waals surface area contributed by atoms with Gasteiger partial charge in [0, 0.05) is 11.0 Å². The predicted molar refractivity (Wildman–Crippen MR) is 39.8 cm³/mol. The summed E-state index contributed by atoms with van der Waals surface area (Å²) in [6.45, 7) is 2.44. The van der Waals surface area contributed by atoms with Crippen LogP contribution in [0.25, 0.3) is 0 Å². The Morgan fingerprint density at radius 2 is 2.29 bits per heavy atom. The van der Waals surface area contributed by atoms with Gasteiger partial charge in [-0.1, -0.05) is 35.9 Å². The molecule has 0 fully saturated rings. The molecule has 1 N–H and O–H groups in total. The molecule has 0 bridgehead atoms. The largest absolute Gasteiger partial charge is 0.396 e. The molecule has 0 rings (SSSR count). The number of aliphatic hydroxyl groups is 1. The van der Waals surface area contributed by atoms with Crippen LogP contribution in [0.4, 0.5) is 0 Å².